The third-order valence-electron chi connectivity index (χ3n) is 2.38. The van der Waals surface area contributed by atoms with Crippen LogP contribution in [0.2, 0.25) is 0 Å². The average molecular weight is 244 g/mol. The van der Waals surface area contributed by atoms with Gasteiger partial charge in [-0.1, -0.05) is 24.3 Å². The van der Waals surface area contributed by atoms with Gasteiger partial charge in [0, 0.05) is 5.39 Å². The Morgan fingerprint density at radius 1 is 1.06 bits per heavy atom. The molecule has 5 heteroatoms. The quantitative estimate of drug-likeness (QED) is 0.683. The zero-order valence-electron chi connectivity index (χ0n) is 8.81. The minimum atomic E-state index is -4.91. The highest BCUT2D eigenvalue weighted by atomic mass is 19.4. The van der Waals surface area contributed by atoms with Crippen LogP contribution in [0.25, 0.3) is 10.8 Å². The van der Waals surface area contributed by atoms with Gasteiger partial charge in [0.1, 0.15) is 0 Å². The lowest BCUT2D eigenvalue weighted by atomic mass is 10.0. The molecule has 0 fully saturated rings. The Kier molecular flexibility index (Phi) is 2.69. The van der Waals surface area contributed by atoms with Gasteiger partial charge >= 0.3 is 6.36 Å². The number of fused-ring (bicyclic) bond motifs is 1. The summed E-state index contributed by atoms with van der Waals surface area (Å²) in [5.74, 6) is -1.79. The molecule has 0 unspecified atom stereocenters. The van der Waals surface area contributed by atoms with E-state index in [4.69, 9.17) is 0 Å². The number of rotatable bonds is 1. The van der Waals surface area contributed by atoms with Crippen molar-refractivity contribution in [2.24, 2.45) is 0 Å². The molecule has 0 radical (unpaired) electrons. The van der Waals surface area contributed by atoms with Crippen molar-refractivity contribution in [3.8, 4) is 5.75 Å². The van der Waals surface area contributed by atoms with E-state index in [0.717, 1.165) is 6.07 Å². The van der Waals surface area contributed by atoms with Crippen molar-refractivity contribution in [1.82, 2.24) is 0 Å². The molecule has 0 saturated heterocycles. The van der Waals surface area contributed by atoms with Crippen LogP contribution in [-0.4, -0.2) is 6.36 Å². The molecule has 0 amide bonds. The summed E-state index contributed by atoms with van der Waals surface area (Å²) in [7, 11) is 0. The van der Waals surface area contributed by atoms with Gasteiger partial charge in [-0.05, 0) is 23.9 Å². The largest absolute Gasteiger partial charge is 0.573 e. The summed E-state index contributed by atoms with van der Waals surface area (Å²) in [6.07, 6.45) is -4.91. The third kappa shape index (κ3) is 2.33. The first-order valence-corrected chi connectivity index (χ1v) is 4.82. The van der Waals surface area contributed by atoms with Crippen LogP contribution in [0.5, 0.6) is 5.75 Å². The fourth-order valence-electron chi connectivity index (χ4n) is 1.71. The van der Waals surface area contributed by atoms with Crippen molar-refractivity contribution >= 4 is 10.8 Å². The average Bonchev–Trinajstić information content (AvgIpc) is 2.21. The molecule has 0 aromatic heterocycles. The van der Waals surface area contributed by atoms with Gasteiger partial charge in [0.05, 0.1) is 0 Å². The van der Waals surface area contributed by atoms with E-state index in [-0.39, 0.29) is 5.39 Å². The number of benzene rings is 2. The summed E-state index contributed by atoms with van der Waals surface area (Å²) in [6.45, 7) is 1.60. The first-order valence-electron chi connectivity index (χ1n) is 4.82. The molecular formula is C12H8F4O. The van der Waals surface area contributed by atoms with Gasteiger partial charge in [0.15, 0.2) is 11.6 Å². The van der Waals surface area contributed by atoms with Crippen molar-refractivity contribution in [3.63, 3.8) is 0 Å². The van der Waals surface area contributed by atoms with E-state index in [1.807, 2.05) is 0 Å². The molecular weight excluding hydrogens is 236 g/mol. The minimum Gasteiger partial charge on any atom is -0.402 e. The standard InChI is InChI=1S/C12H8F4O/c1-7-3-2-4-8-5-6-9(13)11(10(7)8)17-12(14,15)16/h2-6H,1H3. The maximum Gasteiger partial charge on any atom is 0.573 e. The number of alkyl halides is 3. The highest BCUT2D eigenvalue weighted by Crippen LogP contribution is 2.34. The van der Waals surface area contributed by atoms with Gasteiger partial charge < -0.3 is 4.74 Å². The van der Waals surface area contributed by atoms with Gasteiger partial charge in [0.2, 0.25) is 0 Å². The molecule has 0 bridgehead atoms. The Bertz CT molecular complexity index is 560. The van der Waals surface area contributed by atoms with Gasteiger partial charge in [-0.15, -0.1) is 13.2 Å². The van der Waals surface area contributed by atoms with E-state index in [1.165, 1.54) is 6.07 Å². The van der Waals surface area contributed by atoms with Gasteiger partial charge in [-0.2, -0.15) is 0 Å². The highest BCUT2D eigenvalue weighted by Gasteiger charge is 2.33. The summed E-state index contributed by atoms with van der Waals surface area (Å²) < 4.78 is 53.7. The van der Waals surface area contributed by atoms with E-state index in [9.17, 15) is 17.6 Å². The third-order valence-corrected chi connectivity index (χ3v) is 2.38. The predicted molar refractivity (Wildman–Crippen MR) is 55.3 cm³/mol. The first-order chi connectivity index (χ1) is 7.88. The van der Waals surface area contributed by atoms with Crippen molar-refractivity contribution in [2.45, 2.75) is 13.3 Å². The maximum atomic E-state index is 13.4. The van der Waals surface area contributed by atoms with Crippen LogP contribution in [0.4, 0.5) is 17.6 Å². The Morgan fingerprint density at radius 2 is 1.76 bits per heavy atom. The number of hydrogen-bond acceptors (Lipinski definition) is 1. The molecule has 0 atom stereocenters. The molecule has 0 spiro atoms. The summed E-state index contributed by atoms with van der Waals surface area (Å²) in [5.41, 5.74) is 0.529. The van der Waals surface area contributed by atoms with Crippen LogP contribution in [0.3, 0.4) is 0 Å². The molecule has 2 aromatic carbocycles. The number of hydrogen-bond donors (Lipinski definition) is 0. The fourth-order valence-corrected chi connectivity index (χ4v) is 1.71. The summed E-state index contributed by atoms with van der Waals surface area (Å²) in [4.78, 5) is 0. The maximum absolute atomic E-state index is 13.4. The number of ether oxygens (including phenoxy) is 1. The second-order valence-electron chi connectivity index (χ2n) is 3.60. The van der Waals surface area contributed by atoms with Crippen LogP contribution >= 0.6 is 0 Å². The van der Waals surface area contributed by atoms with Crippen LogP contribution in [0.15, 0.2) is 30.3 Å². The van der Waals surface area contributed by atoms with Crippen LogP contribution < -0.4 is 4.74 Å². The molecule has 2 rings (SSSR count). The lowest BCUT2D eigenvalue weighted by molar-refractivity contribution is -0.275. The van der Waals surface area contributed by atoms with Crippen LogP contribution in [-0.2, 0) is 0 Å². The lowest BCUT2D eigenvalue weighted by Crippen LogP contribution is -2.18. The summed E-state index contributed by atoms with van der Waals surface area (Å²) in [6, 6.07) is 7.27. The summed E-state index contributed by atoms with van der Waals surface area (Å²) >= 11 is 0. The monoisotopic (exact) mass is 244 g/mol. The van der Waals surface area contributed by atoms with E-state index >= 15 is 0 Å². The Balaban J connectivity index is 2.71. The van der Waals surface area contributed by atoms with Crippen molar-refractivity contribution < 1.29 is 22.3 Å². The highest BCUT2D eigenvalue weighted by molar-refractivity contribution is 5.91. The van der Waals surface area contributed by atoms with Crippen LogP contribution in [0.1, 0.15) is 5.56 Å². The molecule has 17 heavy (non-hydrogen) atoms. The van der Waals surface area contributed by atoms with E-state index in [2.05, 4.69) is 4.74 Å². The van der Waals surface area contributed by atoms with Crippen molar-refractivity contribution in [1.29, 1.82) is 0 Å². The smallest absolute Gasteiger partial charge is 0.402 e. The van der Waals surface area contributed by atoms with E-state index < -0.39 is 17.9 Å². The zero-order chi connectivity index (χ0) is 12.6. The van der Waals surface area contributed by atoms with Gasteiger partial charge in [-0.3, -0.25) is 0 Å². The fraction of sp³-hybridized carbons (Fsp3) is 0.167. The normalized spacial score (nSPS) is 11.8. The minimum absolute atomic E-state index is 0.143. The molecule has 0 heterocycles. The van der Waals surface area contributed by atoms with E-state index in [0.29, 0.717) is 10.9 Å². The second kappa shape index (κ2) is 3.91. The second-order valence-corrected chi connectivity index (χ2v) is 3.60. The Morgan fingerprint density at radius 3 is 2.41 bits per heavy atom. The van der Waals surface area contributed by atoms with Gasteiger partial charge in [-0.25, -0.2) is 4.39 Å². The molecule has 0 saturated carbocycles. The van der Waals surface area contributed by atoms with Crippen molar-refractivity contribution in [3.05, 3.63) is 41.7 Å². The SMILES string of the molecule is Cc1cccc2ccc(F)c(OC(F)(F)F)c12. The molecule has 90 valence electrons. The van der Waals surface area contributed by atoms with Gasteiger partial charge in [0.25, 0.3) is 0 Å². The molecule has 2 aromatic rings. The van der Waals surface area contributed by atoms with E-state index in [1.54, 1.807) is 25.1 Å². The predicted octanol–water partition coefficient (Wildman–Crippen LogP) is 4.19. The number of aryl methyl sites for hydroxylation is 1. The lowest BCUT2D eigenvalue weighted by Gasteiger charge is -2.13. The molecule has 1 nitrogen and oxygen atoms in total. The van der Waals surface area contributed by atoms with Crippen LogP contribution in [0, 0.1) is 12.7 Å². The van der Waals surface area contributed by atoms with Crippen molar-refractivity contribution in [2.75, 3.05) is 0 Å². The Hall–Kier alpha value is -1.78. The molecule has 0 N–H and O–H groups in total. The molecule has 0 aliphatic rings. The zero-order valence-corrected chi connectivity index (χ0v) is 8.81. The molecule has 0 aliphatic carbocycles. The topological polar surface area (TPSA) is 9.23 Å². The molecule has 0 aliphatic heterocycles. The number of halogens is 4. The summed E-state index contributed by atoms with van der Waals surface area (Å²) in [5, 5.41) is 0.649. The first kappa shape index (κ1) is 11.7. The Labute approximate surface area is 94.6 Å².